The maximum absolute atomic E-state index is 5.88. The van der Waals surface area contributed by atoms with Gasteiger partial charge in [0.15, 0.2) is 0 Å². The van der Waals surface area contributed by atoms with Crippen LogP contribution in [0.2, 0.25) is 0 Å². The third-order valence-electron chi connectivity index (χ3n) is 5.40. The van der Waals surface area contributed by atoms with Gasteiger partial charge in [-0.2, -0.15) is 4.98 Å². The number of anilines is 1. The zero-order valence-corrected chi connectivity index (χ0v) is 13.9. The van der Waals surface area contributed by atoms with Crippen molar-refractivity contribution in [2.24, 2.45) is 0 Å². The van der Waals surface area contributed by atoms with Crippen molar-refractivity contribution in [3.8, 4) is 17.0 Å². The van der Waals surface area contributed by atoms with Crippen LogP contribution in [0.3, 0.4) is 0 Å². The van der Waals surface area contributed by atoms with Gasteiger partial charge in [-0.1, -0.05) is 24.3 Å². The van der Waals surface area contributed by atoms with Crippen LogP contribution in [0.5, 0.6) is 5.88 Å². The maximum Gasteiger partial charge on any atom is 0.219 e. The summed E-state index contributed by atoms with van der Waals surface area (Å²) in [6, 6.07) is 8.87. The molecule has 1 fully saturated rings. The van der Waals surface area contributed by atoms with Crippen molar-refractivity contribution in [2.75, 3.05) is 37.8 Å². The number of aryl methyl sites for hydroxylation is 1. The molecule has 0 amide bonds. The fourth-order valence-electron chi connectivity index (χ4n) is 4.27. The first-order valence-corrected chi connectivity index (χ1v) is 9.01. The summed E-state index contributed by atoms with van der Waals surface area (Å²) in [5, 5.41) is 0. The van der Waals surface area contributed by atoms with Crippen molar-refractivity contribution >= 4 is 5.82 Å². The lowest BCUT2D eigenvalue weighted by molar-refractivity contribution is 0.122. The normalized spacial score (nSPS) is 19.1. The molecule has 1 aliphatic carbocycles. The molecule has 2 aliphatic heterocycles. The van der Waals surface area contributed by atoms with Crippen molar-refractivity contribution in [1.82, 2.24) is 4.98 Å². The topological polar surface area (TPSA) is 34.6 Å². The minimum atomic E-state index is 0.753. The van der Waals surface area contributed by atoms with Crippen LogP contribution in [0.25, 0.3) is 11.1 Å². The Morgan fingerprint density at radius 3 is 2.71 bits per heavy atom. The lowest BCUT2D eigenvalue weighted by Crippen LogP contribution is -2.37. The van der Waals surface area contributed by atoms with E-state index in [-0.39, 0.29) is 0 Å². The first-order chi connectivity index (χ1) is 11.9. The monoisotopic (exact) mass is 322 g/mol. The Labute approximate surface area is 142 Å². The first kappa shape index (κ1) is 14.3. The summed E-state index contributed by atoms with van der Waals surface area (Å²) in [5.41, 5.74) is 7.00. The molecule has 3 aliphatic rings. The Morgan fingerprint density at radius 1 is 0.917 bits per heavy atom. The van der Waals surface area contributed by atoms with Crippen LogP contribution in [0.4, 0.5) is 5.82 Å². The Morgan fingerprint density at radius 2 is 1.79 bits per heavy atom. The number of morpholine rings is 1. The van der Waals surface area contributed by atoms with Crippen LogP contribution in [-0.4, -0.2) is 37.9 Å². The second-order valence-electron chi connectivity index (χ2n) is 6.78. The van der Waals surface area contributed by atoms with Crippen LogP contribution < -0.4 is 9.64 Å². The van der Waals surface area contributed by atoms with E-state index < -0.39 is 0 Å². The van der Waals surface area contributed by atoms with Gasteiger partial charge in [-0.3, -0.25) is 0 Å². The molecular formula is C20H22N2O2. The molecule has 0 N–H and O–H groups in total. The fraction of sp³-hybridized carbons (Fsp3) is 0.450. The molecule has 0 unspecified atom stereocenters. The van der Waals surface area contributed by atoms with Gasteiger partial charge in [0.25, 0.3) is 0 Å². The Balaban J connectivity index is 1.75. The molecule has 0 saturated carbocycles. The van der Waals surface area contributed by atoms with Gasteiger partial charge in [-0.25, -0.2) is 0 Å². The smallest absolute Gasteiger partial charge is 0.219 e. The van der Waals surface area contributed by atoms with Crippen molar-refractivity contribution in [3.05, 3.63) is 41.0 Å². The van der Waals surface area contributed by atoms with Crippen molar-refractivity contribution in [2.45, 2.75) is 25.7 Å². The molecule has 2 aromatic rings. The van der Waals surface area contributed by atoms with Gasteiger partial charge in [0, 0.05) is 30.6 Å². The number of ether oxygens (including phenoxy) is 2. The van der Waals surface area contributed by atoms with E-state index in [1.165, 1.54) is 34.2 Å². The maximum atomic E-state index is 5.88. The third kappa shape index (κ3) is 2.20. The number of aromatic nitrogens is 1. The molecule has 1 saturated heterocycles. The Hall–Kier alpha value is -2.07. The van der Waals surface area contributed by atoms with Gasteiger partial charge in [-0.05, 0) is 36.0 Å². The van der Waals surface area contributed by atoms with Gasteiger partial charge in [-0.15, -0.1) is 0 Å². The van der Waals surface area contributed by atoms with Gasteiger partial charge in [0.05, 0.1) is 19.8 Å². The quantitative estimate of drug-likeness (QED) is 0.808. The van der Waals surface area contributed by atoms with Gasteiger partial charge < -0.3 is 14.4 Å². The molecule has 4 nitrogen and oxygen atoms in total. The molecule has 0 atom stereocenters. The molecule has 5 rings (SSSR count). The van der Waals surface area contributed by atoms with E-state index in [2.05, 4.69) is 29.2 Å². The average molecular weight is 322 g/mol. The molecule has 1 aromatic heterocycles. The molecular weight excluding hydrogens is 300 g/mol. The van der Waals surface area contributed by atoms with E-state index >= 15 is 0 Å². The molecule has 4 heteroatoms. The van der Waals surface area contributed by atoms with E-state index in [1.807, 2.05) is 0 Å². The fourth-order valence-corrected chi connectivity index (χ4v) is 4.27. The van der Waals surface area contributed by atoms with Crippen molar-refractivity contribution < 1.29 is 9.47 Å². The lowest BCUT2D eigenvalue weighted by atomic mass is 9.92. The predicted octanol–water partition coefficient (Wildman–Crippen LogP) is 3.01. The average Bonchev–Trinajstić information content (AvgIpc) is 3.02. The number of benzene rings is 1. The Kier molecular flexibility index (Phi) is 3.44. The van der Waals surface area contributed by atoms with E-state index in [1.54, 1.807) is 0 Å². The SMILES string of the molecule is c1ccc2c(c1)CCCc1c(N3CCOCC3)nc3c(c1-2)CCO3. The van der Waals surface area contributed by atoms with Gasteiger partial charge >= 0.3 is 0 Å². The van der Waals surface area contributed by atoms with Gasteiger partial charge in [0.1, 0.15) is 5.82 Å². The van der Waals surface area contributed by atoms with Crippen LogP contribution in [0.15, 0.2) is 24.3 Å². The van der Waals surface area contributed by atoms with E-state index in [0.29, 0.717) is 0 Å². The van der Waals surface area contributed by atoms with Gasteiger partial charge in [0.2, 0.25) is 5.88 Å². The van der Waals surface area contributed by atoms with Crippen molar-refractivity contribution in [3.63, 3.8) is 0 Å². The number of fused-ring (bicyclic) bond motifs is 5. The zero-order chi connectivity index (χ0) is 15.9. The summed E-state index contributed by atoms with van der Waals surface area (Å²) in [7, 11) is 0. The summed E-state index contributed by atoms with van der Waals surface area (Å²) in [4.78, 5) is 7.34. The highest BCUT2D eigenvalue weighted by molar-refractivity contribution is 5.81. The summed E-state index contributed by atoms with van der Waals surface area (Å²) in [6.07, 6.45) is 4.39. The molecule has 3 heterocycles. The van der Waals surface area contributed by atoms with E-state index in [4.69, 9.17) is 14.5 Å². The van der Waals surface area contributed by atoms with E-state index in [9.17, 15) is 0 Å². The number of hydrogen-bond donors (Lipinski definition) is 0. The number of pyridine rings is 1. The summed E-state index contributed by atoms with van der Waals surface area (Å²) in [5.74, 6) is 1.98. The zero-order valence-electron chi connectivity index (χ0n) is 13.9. The second kappa shape index (κ2) is 5.78. The summed E-state index contributed by atoms with van der Waals surface area (Å²) < 4.78 is 11.4. The molecule has 0 spiro atoms. The molecule has 1 aromatic carbocycles. The Bertz CT molecular complexity index is 781. The highest BCUT2D eigenvalue weighted by atomic mass is 16.5. The minimum Gasteiger partial charge on any atom is -0.477 e. The molecule has 0 radical (unpaired) electrons. The third-order valence-corrected chi connectivity index (χ3v) is 5.40. The lowest BCUT2D eigenvalue weighted by Gasteiger charge is -2.31. The van der Waals surface area contributed by atoms with Crippen LogP contribution in [0, 0.1) is 0 Å². The summed E-state index contributed by atoms with van der Waals surface area (Å²) in [6.45, 7) is 4.15. The number of nitrogens with zero attached hydrogens (tertiary/aromatic N) is 2. The molecule has 24 heavy (non-hydrogen) atoms. The number of rotatable bonds is 1. The highest BCUT2D eigenvalue weighted by Crippen LogP contribution is 2.44. The van der Waals surface area contributed by atoms with Crippen LogP contribution in [-0.2, 0) is 24.0 Å². The van der Waals surface area contributed by atoms with Crippen LogP contribution >= 0.6 is 0 Å². The van der Waals surface area contributed by atoms with Crippen molar-refractivity contribution in [1.29, 1.82) is 0 Å². The van der Waals surface area contributed by atoms with E-state index in [0.717, 1.165) is 63.9 Å². The van der Waals surface area contributed by atoms with Crippen LogP contribution in [0.1, 0.15) is 23.1 Å². The highest BCUT2D eigenvalue weighted by Gasteiger charge is 2.29. The molecule has 0 bridgehead atoms. The molecule has 124 valence electrons. The summed E-state index contributed by atoms with van der Waals surface area (Å²) >= 11 is 0. The second-order valence-corrected chi connectivity index (χ2v) is 6.78. The largest absolute Gasteiger partial charge is 0.477 e. The predicted molar refractivity (Wildman–Crippen MR) is 93.9 cm³/mol. The standard InChI is InChI=1S/C20H22N2O2/c1-2-6-15-14(4-1)5-3-7-16-18(15)17-8-11-24-20(17)21-19(16)22-9-12-23-13-10-22/h1-2,4,6H,3,5,7-13H2. The first-order valence-electron chi connectivity index (χ1n) is 9.01. The number of hydrogen-bond acceptors (Lipinski definition) is 4. The minimum absolute atomic E-state index is 0.753.